The highest BCUT2D eigenvalue weighted by Crippen LogP contribution is 2.42. The maximum atomic E-state index is 12.8. The summed E-state index contributed by atoms with van der Waals surface area (Å²) in [5.41, 5.74) is 5.10. The molecule has 0 saturated carbocycles. The predicted molar refractivity (Wildman–Crippen MR) is 130 cm³/mol. The number of anilines is 1. The Morgan fingerprint density at radius 1 is 1.35 bits per heavy atom. The van der Waals surface area contributed by atoms with Gasteiger partial charge in [-0.25, -0.2) is 9.78 Å². The van der Waals surface area contributed by atoms with Crippen LogP contribution in [0.3, 0.4) is 0 Å². The van der Waals surface area contributed by atoms with Gasteiger partial charge in [-0.3, -0.25) is 18.7 Å². The number of nitrogens with two attached hydrogens (primary N) is 1. The minimum absolute atomic E-state index is 0. The lowest BCUT2D eigenvalue weighted by Crippen LogP contribution is -2.70. The molecule has 3 aliphatic heterocycles. The molecule has 3 unspecified atom stereocenters. The molecular formula is C19H20ClF3N6O6S2. The number of oxime groups is 1. The molecule has 0 bridgehead atoms. The molecule has 0 aromatic carbocycles. The molecule has 2 saturated heterocycles. The first-order valence-electron chi connectivity index (χ1n) is 10.4. The number of halogens is 4. The van der Waals surface area contributed by atoms with E-state index in [0.717, 1.165) is 15.6 Å². The summed E-state index contributed by atoms with van der Waals surface area (Å²) in [4.78, 5) is 54.6. The van der Waals surface area contributed by atoms with Crippen LogP contribution in [0.2, 0.25) is 0 Å². The number of nitrogen functional groups attached to an aromatic ring is 1. The van der Waals surface area contributed by atoms with Crippen LogP contribution >= 0.6 is 34.4 Å². The van der Waals surface area contributed by atoms with E-state index in [0.29, 0.717) is 4.90 Å². The van der Waals surface area contributed by atoms with Gasteiger partial charge in [0.25, 0.3) is 11.8 Å². The zero-order chi connectivity index (χ0) is 26.4. The van der Waals surface area contributed by atoms with Crippen molar-refractivity contribution in [3.05, 3.63) is 22.7 Å². The van der Waals surface area contributed by atoms with Crippen molar-refractivity contribution in [2.75, 3.05) is 18.8 Å². The van der Waals surface area contributed by atoms with Crippen LogP contribution in [-0.2, 0) is 14.4 Å². The van der Waals surface area contributed by atoms with Crippen LogP contribution < -0.4 is 11.1 Å². The molecule has 202 valence electrons. The van der Waals surface area contributed by atoms with Crippen LogP contribution in [0.5, 0.6) is 0 Å². The fourth-order valence-corrected chi connectivity index (χ4v) is 6.75. The third kappa shape index (κ3) is 5.57. The normalized spacial score (nSPS) is 25.1. The van der Waals surface area contributed by atoms with Crippen molar-refractivity contribution in [2.24, 2.45) is 5.16 Å². The lowest BCUT2D eigenvalue weighted by molar-refractivity contribution is -0.156. The van der Waals surface area contributed by atoms with Crippen molar-refractivity contribution in [1.82, 2.24) is 19.5 Å². The van der Waals surface area contributed by atoms with Gasteiger partial charge < -0.3 is 26.3 Å². The fraction of sp³-hybridized carbons (Fsp3) is 0.421. The van der Waals surface area contributed by atoms with Gasteiger partial charge in [0.15, 0.2) is 10.8 Å². The van der Waals surface area contributed by atoms with E-state index in [-0.39, 0.29) is 59.5 Å². The van der Waals surface area contributed by atoms with E-state index < -0.39 is 64.2 Å². The number of allylic oxidation sites excluding steroid dienone is 1. The molecule has 1 aromatic rings. The number of alkyl halides is 3. The number of rotatable bonds is 5. The van der Waals surface area contributed by atoms with Gasteiger partial charge in [-0.05, 0) is 25.3 Å². The van der Waals surface area contributed by atoms with Crippen LogP contribution in [0, 0.1) is 0 Å². The van der Waals surface area contributed by atoms with E-state index in [2.05, 4.69) is 15.5 Å². The number of β-lactam (4-membered cyclic amide) rings is 1. The Morgan fingerprint density at radius 2 is 2.05 bits per heavy atom. The SMILES string of the molecule is Cl.Nc1nc(C(=NO)C(=O)NC2C(=O)N3C2CCC(C=C2CCN(CC(F)(F)F)C2=O)=S3C(=O)O)cs1. The number of carbonyl (C=O) groups is 4. The average molecular weight is 585 g/mol. The maximum Gasteiger partial charge on any atom is 0.406 e. The zero-order valence-corrected chi connectivity index (χ0v) is 21.0. The second-order valence-electron chi connectivity index (χ2n) is 8.02. The molecule has 37 heavy (non-hydrogen) atoms. The molecule has 4 heterocycles. The van der Waals surface area contributed by atoms with Gasteiger partial charge in [0.1, 0.15) is 18.3 Å². The number of fused-ring (bicyclic) bond motifs is 1. The van der Waals surface area contributed by atoms with Gasteiger partial charge >= 0.3 is 11.5 Å². The van der Waals surface area contributed by atoms with Gasteiger partial charge in [-0.1, -0.05) is 5.16 Å². The first-order chi connectivity index (χ1) is 16.9. The highest BCUT2D eigenvalue weighted by molar-refractivity contribution is 8.26. The van der Waals surface area contributed by atoms with Crippen molar-refractivity contribution in [1.29, 1.82) is 0 Å². The quantitative estimate of drug-likeness (QED) is 0.101. The summed E-state index contributed by atoms with van der Waals surface area (Å²) in [7, 11) is -1.78. The Balaban J connectivity index is 0.00000380. The van der Waals surface area contributed by atoms with E-state index in [9.17, 15) is 42.7 Å². The van der Waals surface area contributed by atoms with E-state index in [4.69, 9.17) is 5.73 Å². The topological polar surface area (TPSA) is 179 Å². The van der Waals surface area contributed by atoms with Crippen LogP contribution in [0.4, 0.5) is 23.1 Å². The number of carbonyl (C=O) groups excluding carboxylic acids is 3. The van der Waals surface area contributed by atoms with Gasteiger partial charge in [0, 0.05) is 33.0 Å². The lowest BCUT2D eigenvalue weighted by atomic mass is 9.92. The molecule has 5 N–H and O–H groups in total. The summed E-state index contributed by atoms with van der Waals surface area (Å²) in [5, 5.41) is 24.5. The molecule has 3 aliphatic rings. The molecule has 4 rings (SSSR count). The van der Waals surface area contributed by atoms with Crippen molar-refractivity contribution in [3.8, 4) is 0 Å². The molecule has 18 heteroatoms. The van der Waals surface area contributed by atoms with Gasteiger partial charge in [-0.2, -0.15) is 13.2 Å². The second-order valence-corrected chi connectivity index (χ2v) is 10.7. The third-order valence-electron chi connectivity index (χ3n) is 5.75. The summed E-state index contributed by atoms with van der Waals surface area (Å²) in [6, 6.07) is -1.76. The number of nitrogens with zero attached hydrogens (tertiary/aromatic N) is 4. The predicted octanol–water partition coefficient (Wildman–Crippen LogP) is 1.57. The summed E-state index contributed by atoms with van der Waals surface area (Å²) < 4.78 is 39.1. The number of likely N-dealkylation sites (tertiary alicyclic amines) is 1. The lowest BCUT2D eigenvalue weighted by Gasteiger charge is -2.50. The zero-order valence-electron chi connectivity index (χ0n) is 18.6. The van der Waals surface area contributed by atoms with Gasteiger partial charge in [0.05, 0.1) is 6.04 Å². The molecular weight excluding hydrogens is 565 g/mol. The summed E-state index contributed by atoms with van der Waals surface area (Å²) in [5.74, 6) is -2.43. The number of carboxylic acid groups (broad SMARTS) is 1. The van der Waals surface area contributed by atoms with Gasteiger partial charge in [-0.15, -0.1) is 23.7 Å². The molecule has 0 aliphatic carbocycles. The van der Waals surface area contributed by atoms with Crippen molar-refractivity contribution >= 4 is 73.1 Å². The van der Waals surface area contributed by atoms with E-state index in [1.54, 1.807) is 0 Å². The van der Waals surface area contributed by atoms with Crippen LogP contribution in [0.25, 0.3) is 0 Å². The Labute approximate surface area is 219 Å². The number of hydrogen-bond donors (Lipinski definition) is 4. The van der Waals surface area contributed by atoms with Crippen molar-refractivity contribution in [2.45, 2.75) is 37.5 Å². The first kappa shape index (κ1) is 28.4. The summed E-state index contributed by atoms with van der Waals surface area (Å²) in [6.45, 7) is -1.54. The molecule has 3 amide bonds. The highest BCUT2D eigenvalue weighted by atomic mass is 35.5. The number of nitrogens with one attached hydrogen (secondary N) is 1. The number of hydrogen-bond acceptors (Lipinski definition) is 9. The summed E-state index contributed by atoms with van der Waals surface area (Å²) >= 11 is 1.01. The summed E-state index contributed by atoms with van der Waals surface area (Å²) in [6.07, 6.45) is -2.86. The Morgan fingerprint density at radius 3 is 2.62 bits per heavy atom. The molecule has 12 nitrogen and oxygen atoms in total. The number of aromatic nitrogens is 1. The minimum atomic E-state index is -4.56. The van der Waals surface area contributed by atoms with Crippen LogP contribution in [0.15, 0.2) is 22.2 Å². The van der Waals surface area contributed by atoms with Crippen LogP contribution in [-0.4, -0.2) is 89.5 Å². The number of thiazole rings is 1. The Kier molecular flexibility index (Phi) is 8.18. The Hall–Kier alpha value is -3.18. The molecule has 3 atom stereocenters. The molecule has 0 spiro atoms. The van der Waals surface area contributed by atoms with Gasteiger partial charge in [0.2, 0.25) is 5.91 Å². The van der Waals surface area contributed by atoms with Crippen LogP contribution in [0.1, 0.15) is 25.0 Å². The smallest absolute Gasteiger partial charge is 0.406 e. The fourth-order valence-electron chi connectivity index (χ4n) is 4.20. The number of amides is 3. The average Bonchev–Trinajstić information content (AvgIpc) is 3.37. The third-order valence-corrected chi connectivity index (χ3v) is 8.42. The highest BCUT2D eigenvalue weighted by Gasteiger charge is 2.53. The maximum absolute atomic E-state index is 12.8. The Bertz CT molecular complexity index is 1250. The van der Waals surface area contributed by atoms with Crippen molar-refractivity contribution < 1.29 is 42.7 Å². The van der Waals surface area contributed by atoms with E-state index in [1.807, 2.05) is 0 Å². The largest absolute Gasteiger partial charge is 0.472 e. The van der Waals surface area contributed by atoms with E-state index >= 15 is 0 Å². The van der Waals surface area contributed by atoms with E-state index in [1.165, 1.54) is 11.5 Å². The first-order valence-corrected chi connectivity index (χ1v) is 12.4. The van der Waals surface area contributed by atoms with Crippen molar-refractivity contribution in [3.63, 3.8) is 0 Å². The standard InChI is InChI=1S/C19H19F3N6O6S2.ClH/c20-19(21,22)7-27-4-3-8(15(27)30)5-9-1-2-11-13(16(31)28(11)36(9)18(32)33)25-14(29)12(26-34)10-6-35-17(23)24-10;/h5-6,11,13,34H,1-4,7H2,(H2,23,24)(H,25,29)(H,32,33);1H. The molecule has 0 radical (unpaired) electrons. The minimum Gasteiger partial charge on any atom is -0.472 e. The second kappa shape index (κ2) is 10.7. The monoisotopic (exact) mass is 584 g/mol. The molecule has 2 fully saturated rings. The molecule has 1 aromatic heterocycles.